The summed E-state index contributed by atoms with van der Waals surface area (Å²) < 4.78 is 10.4. The van der Waals surface area contributed by atoms with Gasteiger partial charge in [0.15, 0.2) is 11.5 Å². The number of aromatic amines is 1. The van der Waals surface area contributed by atoms with Gasteiger partial charge in [-0.25, -0.2) is 4.98 Å². The number of nitrogens with zero attached hydrogens (tertiary/aromatic N) is 1. The van der Waals surface area contributed by atoms with E-state index in [9.17, 15) is 9.59 Å². The normalized spacial score (nSPS) is 10.4. The maximum Gasteiger partial charge on any atom is 0.245 e. The van der Waals surface area contributed by atoms with E-state index in [4.69, 9.17) is 9.47 Å². The molecule has 0 unspecified atom stereocenters. The number of hydrogen-bond acceptors (Lipinski definition) is 5. The summed E-state index contributed by atoms with van der Waals surface area (Å²) in [6.07, 6.45) is 0.122. The number of benzene rings is 2. The standard InChI is InChI=1S/C19H20N4O4/c1-26-15-8-7-12(9-16(15)27-2)10-18(24)22-23-19(25)11-17-20-13-5-3-4-6-14(13)21-17/h3-9H,10-11H2,1-2H3,(H,20,21)(H,22,24)(H,23,25). The molecule has 0 atom stereocenters. The van der Waals surface area contributed by atoms with Crippen molar-refractivity contribution in [3.63, 3.8) is 0 Å². The van der Waals surface area contributed by atoms with Crippen LogP contribution in [0.2, 0.25) is 0 Å². The van der Waals surface area contributed by atoms with Crippen molar-refractivity contribution in [2.24, 2.45) is 0 Å². The van der Waals surface area contributed by atoms with Gasteiger partial charge in [-0.2, -0.15) is 0 Å². The predicted molar refractivity (Wildman–Crippen MR) is 99.3 cm³/mol. The molecule has 0 aliphatic rings. The molecule has 8 heteroatoms. The molecule has 8 nitrogen and oxygen atoms in total. The molecule has 0 saturated heterocycles. The maximum absolute atomic E-state index is 12.0. The number of fused-ring (bicyclic) bond motifs is 1. The number of methoxy groups -OCH3 is 2. The van der Waals surface area contributed by atoms with Gasteiger partial charge in [0, 0.05) is 0 Å². The number of hydrogen-bond donors (Lipinski definition) is 3. The number of amides is 2. The van der Waals surface area contributed by atoms with Gasteiger partial charge in [-0.3, -0.25) is 20.4 Å². The van der Waals surface area contributed by atoms with Crippen molar-refractivity contribution in [1.29, 1.82) is 0 Å². The van der Waals surface area contributed by atoms with Gasteiger partial charge in [-0.15, -0.1) is 0 Å². The summed E-state index contributed by atoms with van der Waals surface area (Å²) in [7, 11) is 3.07. The summed E-state index contributed by atoms with van der Waals surface area (Å²) in [6, 6.07) is 12.7. The van der Waals surface area contributed by atoms with Crippen molar-refractivity contribution < 1.29 is 19.1 Å². The molecule has 27 heavy (non-hydrogen) atoms. The second kappa shape index (κ2) is 8.22. The monoisotopic (exact) mass is 368 g/mol. The molecule has 2 aromatic carbocycles. The van der Waals surface area contributed by atoms with E-state index in [0.717, 1.165) is 16.6 Å². The number of para-hydroxylation sites is 2. The number of H-pyrrole nitrogens is 1. The number of aromatic nitrogens is 2. The van der Waals surface area contributed by atoms with Crippen molar-refractivity contribution in [2.75, 3.05) is 14.2 Å². The van der Waals surface area contributed by atoms with Crippen molar-refractivity contribution in [3.05, 3.63) is 53.9 Å². The summed E-state index contributed by atoms with van der Waals surface area (Å²) in [6.45, 7) is 0. The quantitative estimate of drug-likeness (QED) is 0.572. The molecule has 3 rings (SSSR count). The van der Waals surface area contributed by atoms with E-state index in [0.29, 0.717) is 17.3 Å². The average molecular weight is 368 g/mol. The SMILES string of the molecule is COc1ccc(CC(=O)NNC(=O)Cc2nc3ccccc3[nH]2)cc1OC. The van der Waals surface area contributed by atoms with Crippen molar-refractivity contribution in [1.82, 2.24) is 20.8 Å². The summed E-state index contributed by atoms with van der Waals surface area (Å²) in [4.78, 5) is 31.4. The third-order valence-corrected chi connectivity index (χ3v) is 3.92. The Bertz CT molecular complexity index is 934. The second-order valence-electron chi connectivity index (χ2n) is 5.84. The first-order valence-corrected chi connectivity index (χ1v) is 8.31. The first kappa shape index (κ1) is 18.2. The molecule has 0 spiro atoms. The topological polar surface area (TPSA) is 105 Å². The molecular weight excluding hydrogens is 348 g/mol. The molecule has 0 aliphatic carbocycles. The highest BCUT2D eigenvalue weighted by molar-refractivity contribution is 5.84. The minimum Gasteiger partial charge on any atom is -0.493 e. The molecule has 0 aliphatic heterocycles. The highest BCUT2D eigenvalue weighted by atomic mass is 16.5. The largest absolute Gasteiger partial charge is 0.493 e. The van der Waals surface area contributed by atoms with Crippen LogP contribution in [-0.2, 0) is 22.4 Å². The zero-order valence-electron chi connectivity index (χ0n) is 15.0. The van der Waals surface area contributed by atoms with Crippen LogP contribution in [-0.4, -0.2) is 36.0 Å². The molecule has 1 heterocycles. The minimum absolute atomic E-state index is 0.0331. The lowest BCUT2D eigenvalue weighted by Crippen LogP contribution is -2.43. The highest BCUT2D eigenvalue weighted by Crippen LogP contribution is 2.27. The van der Waals surface area contributed by atoms with Crippen LogP contribution in [0.25, 0.3) is 11.0 Å². The number of hydrazine groups is 1. The summed E-state index contributed by atoms with van der Waals surface area (Å²) in [5, 5.41) is 0. The molecule has 3 aromatic rings. The van der Waals surface area contributed by atoms with Gasteiger partial charge < -0.3 is 14.5 Å². The first-order chi connectivity index (χ1) is 13.1. The van der Waals surface area contributed by atoms with Gasteiger partial charge in [0.25, 0.3) is 0 Å². The van der Waals surface area contributed by atoms with Crippen LogP contribution in [0.3, 0.4) is 0 Å². The van der Waals surface area contributed by atoms with Crippen LogP contribution in [0.15, 0.2) is 42.5 Å². The third-order valence-electron chi connectivity index (χ3n) is 3.92. The van der Waals surface area contributed by atoms with E-state index < -0.39 is 0 Å². The Morgan fingerprint density at radius 3 is 2.37 bits per heavy atom. The zero-order chi connectivity index (χ0) is 19.2. The fourth-order valence-electron chi connectivity index (χ4n) is 2.65. The Morgan fingerprint density at radius 2 is 1.67 bits per heavy atom. The van der Waals surface area contributed by atoms with Crippen LogP contribution >= 0.6 is 0 Å². The van der Waals surface area contributed by atoms with E-state index in [1.165, 1.54) is 7.11 Å². The van der Waals surface area contributed by atoms with Crippen LogP contribution in [0, 0.1) is 0 Å². The van der Waals surface area contributed by atoms with E-state index in [2.05, 4.69) is 20.8 Å². The fraction of sp³-hybridized carbons (Fsp3) is 0.211. The number of ether oxygens (including phenoxy) is 2. The van der Waals surface area contributed by atoms with Crippen LogP contribution in [0.5, 0.6) is 11.5 Å². The third kappa shape index (κ3) is 4.55. The first-order valence-electron chi connectivity index (χ1n) is 8.31. The Morgan fingerprint density at radius 1 is 0.963 bits per heavy atom. The predicted octanol–water partition coefficient (Wildman–Crippen LogP) is 1.51. The average Bonchev–Trinajstić information content (AvgIpc) is 3.08. The lowest BCUT2D eigenvalue weighted by Gasteiger charge is -2.10. The zero-order valence-corrected chi connectivity index (χ0v) is 15.0. The van der Waals surface area contributed by atoms with Gasteiger partial charge in [-0.1, -0.05) is 18.2 Å². The number of nitrogens with one attached hydrogen (secondary N) is 3. The Balaban J connectivity index is 1.51. The van der Waals surface area contributed by atoms with Crippen LogP contribution in [0.4, 0.5) is 0 Å². The molecule has 2 amide bonds. The van der Waals surface area contributed by atoms with E-state index in [1.54, 1.807) is 25.3 Å². The summed E-state index contributed by atoms with van der Waals surface area (Å²) in [5.41, 5.74) is 7.17. The summed E-state index contributed by atoms with van der Waals surface area (Å²) >= 11 is 0. The molecule has 0 radical (unpaired) electrons. The summed E-state index contributed by atoms with van der Waals surface area (Å²) in [5.74, 6) is 0.940. The Hall–Kier alpha value is -3.55. The van der Waals surface area contributed by atoms with Gasteiger partial charge in [-0.05, 0) is 29.8 Å². The smallest absolute Gasteiger partial charge is 0.245 e. The number of rotatable bonds is 6. The number of imidazole rings is 1. The fourth-order valence-corrected chi connectivity index (χ4v) is 2.65. The maximum atomic E-state index is 12.0. The van der Waals surface area contributed by atoms with Crippen LogP contribution in [0.1, 0.15) is 11.4 Å². The molecular formula is C19H20N4O4. The van der Waals surface area contributed by atoms with Gasteiger partial charge in [0.05, 0.1) is 38.1 Å². The Kier molecular flexibility index (Phi) is 5.55. The van der Waals surface area contributed by atoms with Crippen LogP contribution < -0.4 is 20.3 Å². The van der Waals surface area contributed by atoms with Crippen molar-refractivity contribution in [2.45, 2.75) is 12.8 Å². The van der Waals surface area contributed by atoms with E-state index >= 15 is 0 Å². The van der Waals surface area contributed by atoms with Gasteiger partial charge >= 0.3 is 0 Å². The molecule has 3 N–H and O–H groups in total. The lowest BCUT2D eigenvalue weighted by molar-refractivity contribution is -0.128. The molecule has 140 valence electrons. The van der Waals surface area contributed by atoms with Crippen molar-refractivity contribution >= 4 is 22.8 Å². The van der Waals surface area contributed by atoms with Gasteiger partial charge in [0.1, 0.15) is 5.82 Å². The lowest BCUT2D eigenvalue weighted by atomic mass is 10.1. The van der Waals surface area contributed by atoms with E-state index in [-0.39, 0.29) is 24.7 Å². The molecule has 1 aromatic heterocycles. The molecule has 0 fully saturated rings. The molecule has 0 bridgehead atoms. The highest BCUT2D eigenvalue weighted by Gasteiger charge is 2.11. The minimum atomic E-state index is -0.366. The van der Waals surface area contributed by atoms with E-state index in [1.807, 2.05) is 24.3 Å². The molecule has 0 saturated carbocycles. The number of carbonyl (C=O) groups excluding carboxylic acids is 2. The van der Waals surface area contributed by atoms with Crippen molar-refractivity contribution in [3.8, 4) is 11.5 Å². The van der Waals surface area contributed by atoms with Gasteiger partial charge in [0.2, 0.25) is 11.8 Å². The Labute approximate surface area is 155 Å². The second-order valence-corrected chi connectivity index (χ2v) is 5.84. The number of carbonyl (C=O) groups is 2.